The number of anilines is 1. The van der Waals surface area contributed by atoms with Crippen LogP contribution in [0, 0.1) is 11.5 Å². The molecule has 2 aromatic rings. The second-order valence-electron chi connectivity index (χ2n) is 3.67. The molecular formula is C14H12N2O2. The minimum absolute atomic E-state index is 0.327. The number of nitrogen functional groups attached to an aromatic ring is 1. The van der Waals surface area contributed by atoms with E-state index in [2.05, 4.69) is 0 Å². The van der Waals surface area contributed by atoms with E-state index in [4.69, 9.17) is 20.5 Å². The van der Waals surface area contributed by atoms with Gasteiger partial charge in [-0.2, -0.15) is 0 Å². The van der Waals surface area contributed by atoms with Crippen LogP contribution in [0.25, 0.3) is 0 Å². The van der Waals surface area contributed by atoms with Crippen molar-refractivity contribution in [1.82, 2.24) is 0 Å². The van der Waals surface area contributed by atoms with Crippen molar-refractivity contribution >= 4 is 5.69 Å². The van der Waals surface area contributed by atoms with Crippen molar-refractivity contribution in [3.63, 3.8) is 0 Å². The zero-order chi connectivity index (χ0) is 12.8. The number of rotatable bonds is 4. The summed E-state index contributed by atoms with van der Waals surface area (Å²) in [4.78, 5) is 0. The Morgan fingerprint density at radius 3 is 2.56 bits per heavy atom. The zero-order valence-corrected chi connectivity index (χ0v) is 9.67. The molecule has 0 bridgehead atoms. The fourth-order valence-corrected chi connectivity index (χ4v) is 1.51. The first kappa shape index (κ1) is 11.8. The summed E-state index contributed by atoms with van der Waals surface area (Å²) in [5.41, 5.74) is 7.18. The van der Waals surface area contributed by atoms with Crippen molar-refractivity contribution in [3.05, 3.63) is 54.1 Å². The molecule has 0 fully saturated rings. The van der Waals surface area contributed by atoms with Gasteiger partial charge in [0.05, 0.1) is 0 Å². The first-order valence-electron chi connectivity index (χ1n) is 5.42. The van der Waals surface area contributed by atoms with Crippen molar-refractivity contribution in [2.24, 2.45) is 0 Å². The summed E-state index contributed by atoms with van der Waals surface area (Å²) in [6, 6.07) is 14.7. The molecule has 0 atom stereocenters. The third-order valence-corrected chi connectivity index (χ3v) is 2.36. The lowest BCUT2D eigenvalue weighted by Gasteiger charge is -2.09. The minimum Gasteiger partial charge on any atom is -0.485 e. The molecule has 0 aromatic heterocycles. The molecule has 2 aromatic carbocycles. The molecule has 0 aliphatic heterocycles. The summed E-state index contributed by atoms with van der Waals surface area (Å²) in [7, 11) is 0. The maximum Gasteiger partial charge on any atom is 0.292 e. The first-order valence-corrected chi connectivity index (χ1v) is 5.42. The summed E-state index contributed by atoms with van der Waals surface area (Å²) in [6.07, 6.45) is 1.61. The highest BCUT2D eigenvalue weighted by Crippen LogP contribution is 2.29. The molecule has 2 rings (SSSR count). The highest BCUT2D eigenvalue weighted by atomic mass is 16.5. The van der Waals surface area contributed by atoms with E-state index in [1.807, 2.05) is 30.3 Å². The zero-order valence-electron chi connectivity index (χ0n) is 9.67. The van der Waals surface area contributed by atoms with Gasteiger partial charge in [-0.15, -0.1) is 5.26 Å². The number of nitriles is 1. The van der Waals surface area contributed by atoms with Gasteiger partial charge in [-0.25, -0.2) is 0 Å². The van der Waals surface area contributed by atoms with Crippen LogP contribution >= 0.6 is 0 Å². The second kappa shape index (κ2) is 5.60. The highest BCUT2D eigenvalue weighted by Gasteiger charge is 2.06. The van der Waals surface area contributed by atoms with Crippen LogP contribution < -0.4 is 15.2 Å². The molecule has 0 radical (unpaired) electrons. The van der Waals surface area contributed by atoms with Gasteiger partial charge in [0.2, 0.25) is 0 Å². The van der Waals surface area contributed by atoms with Crippen molar-refractivity contribution in [3.8, 4) is 17.8 Å². The fourth-order valence-electron chi connectivity index (χ4n) is 1.51. The lowest BCUT2D eigenvalue weighted by molar-refractivity contribution is 0.293. The molecular weight excluding hydrogens is 228 g/mol. The quantitative estimate of drug-likeness (QED) is 0.659. The van der Waals surface area contributed by atoms with Gasteiger partial charge < -0.3 is 15.2 Å². The van der Waals surface area contributed by atoms with E-state index in [0.717, 1.165) is 5.56 Å². The molecule has 4 nitrogen and oxygen atoms in total. The average Bonchev–Trinajstić information content (AvgIpc) is 2.39. The molecule has 90 valence electrons. The Kier molecular flexibility index (Phi) is 3.67. The van der Waals surface area contributed by atoms with E-state index in [0.29, 0.717) is 23.8 Å². The lowest BCUT2D eigenvalue weighted by atomic mass is 10.2. The van der Waals surface area contributed by atoms with Crippen LogP contribution in [0.5, 0.6) is 11.5 Å². The molecule has 0 heterocycles. The Labute approximate surface area is 105 Å². The summed E-state index contributed by atoms with van der Waals surface area (Å²) in [5, 5.41) is 8.55. The smallest absolute Gasteiger partial charge is 0.292 e. The third-order valence-electron chi connectivity index (χ3n) is 2.36. The minimum atomic E-state index is 0.327. The Morgan fingerprint density at radius 2 is 1.83 bits per heavy atom. The van der Waals surface area contributed by atoms with Gasteiger partial charge >= 0.3 is 0 Å². The van der Waals surface area contributed by atoms with E-state index >= 15 is 0 Å². The topological polar surface area (TPSA) is 68.3 Å². The monoisotopic (exact) mass is 240 g/mol. The van der Waals surface area contributed by atoms with Crippen molar-refractivity contribution in [2.45, 2.75) is 6.61 Å². The largest absolute Gasteiger partial charge is 0.485 e. The maximum absolute atomic E-state index is 8.55. The van der Waals surface area contributed by atoms with Crippen LogP contribution in [-0.2, 0) is 6.61 Å². The number of ether oxygens (including phenoxy) is 2. The van der Waals surface area contributed by atoms with E-state index in [1.54, 1.807) is 24.5 Å². The molecule has 0 spiro atoms. The highest BCUT2D eigenvalue weighted by molar-refractivity contribution is 5.52. The number of benzene rings is 2. The third kappa shape index (κ3) is 2.92. The molecule has 0 saturated carbocycles. The SMILES string of the molecule is N#COc1cc(N)ccc1OCc1ccccc1. The molecule has 2 N–H and O–H groups in total. The second-order valence-corrected chi connectivity index (χ2v) is 3.67. The van der Waals surface area contributed by atoms with Gasteiger partial charge in [-0.1, -0.05) is 30.3 Å². The Morgan fingerprint density at radius 1 is 1.06 bits per heavy atom. The van der Waals surface area contributed by atoms with Crippen molar-refractivity contribution < 1.29 is 9.47 Å². The lowest BCUT2D eigenvalue weighted by Crippen LogP contribution is -1.98. The average molecular weight is 240 g/mol. The van der Waals surface area contributed by atoms with Crippen LogP contribution in [0.4, 0.5) is 5.69 Å². The van der Waals surface area contributed by atoms with Gasteiger partial charge in [0.25, 0.3) is 6.26 Å². The standard InChI is InChI=1S/C14H12N2O2/c15-10-18-14-8-12(16)6-7-13(14)17-9-11-4-2-1-3-5-11/h1-8H,9,16H2. The van der Waals surface area contributed by atoms with E-state index in [-0.39, 0.29) is 0 Å². The number of nitrogens with zero attached hydrogens (tertiary/aromatic N) is 1. The van der Waals surface area contributed by atoms with E-state index in [1.165, 1.54) is 0 Å². The van der Waals surface area contributed by atoms with Crippen molar-refractivity contribution in [2.75, 3.05) is 5.73 Å². The fraction of sp³-hybridized carbons (Fsp3) is 0.0714. The van der Waals surface area contributed by atoms with Crippen LogP contribution in [0.15, 0.2) is 48.5 Å². The predicted octanol–water partition coefficient (Wildman–Crippen LogP) is 2.71. The van der Waals surface area contributed by atoms with E-state index < -0.39 is 0 Å². The van der Waals surface area contributed by atoms with Gasteiger partial charge in [0, 0.05) is 11.8 Å². The number of nitrogens with two attached hydrogens (primary N) is 1. The van der Waals surface area contributed by atoms with Gasteiger partial charge in [0.15, 0.2) is 11.5 Å². The first-order chi connectivity index (χ1) is 8.79. The molecule has 4 heteroatoms. The molecule has 0 aliphatic carbocycles. The van der Waals surface area contributed by atoms with E-state index in [9.17, 15) is 0 Å². The summed E-state index contributed by atoms with van der Waals surface area (Å²) in [5.74, 6) is 0.822. The number of hydrogen-bond acceptors (Lipinski definition) is 4. The molecule has 0 saturated heterocycles. The Balaban J connectivity index is 2.12. The van der Waals surface area contributed by atoms with Crippen LogP contribution in [0.3, 0.4) is 0 Å². The van der Waals surface area contributed by atoms with Gasteiger partial charge in [0.1, 0.15) is 6.61 Å². The number of hydrogen-bond donors (Lipinski definition) is 1. The van der Waals surface area contributed by atoms with Crippen LogP contribution in [0.2, 0.25) is 0 Å². The molecule has 18 heavy (non-hydrogen) atoms. The summed E-state index contributed by atoms with van der Waals surface area (Å²) < 4.78 is 10.4. The molecule has 0 amide bonds. The normalized spacial score (nSPS) is 9.50. The maximum atomic E-state index is 8.55. The van der Waals surface area contributed by atoms with Crippen LogP contribution in [-0.4, -0.2) is 0 Å². The summed E-state index contributed by atoms with van der Waals surface area (Å²) in [6.45, 7) is 0.409. The van der Waals surface area contributed by atoms with Gasteiger partial charge in [-0.3, -0.25) is 0 Å². The Bertz CT molecular complexity index is 562. The molecule has 0 aliphatic rings. The predicted molar refractivity (Wildman–Crippen MR) is 67.9 cm³/mol. The summed E-state index contributed by atoms with van der Waals surface area (Å²) >= 11 is 0. The van der Waals surface area contributed by atoms with Crippen LogP contribution in [0.1, 0.15) is 5.56 Å². The molecule has 0 unspecified atom stereocenters. The Hall–Kier alpha value is -2.67. The van der Waals surface area contributed by atoms with Gasteiger partial charge in [-0.05, 0) is 17.7 Å². The van der Waals surface area contributed by atoms with Crippen molar-refractivity contribution in [1.29, 1.82) is 5.26 Å².